The average Bonchev–Trinajstić information content (AvgIpc) is 2.96. The fraction of sp³-hybridized carbons (Fsp3) is 0.235. The van der Waals surface area contributed by atoms with Gasteiger partial charge in [0.05, 0.1) is 6.61 Å². The second-order valence-corrected chi connectivity index (χ2v) is 4.90. The van der Waals surface area contributed by atoms with Crippen molar-refractivity contribution in [2.24, 2.45) is 0 Å². The monoisotopic (exact) mass is 282 g/mol. The molecule has 3 aromatic rings. The molecular formula is C17H18N2O2. The number of benzene rings is 2. The van der Waals surface area contributed by atoms with Gasteiger partial charge in [-0.25, -0.2) is 4.98 Å². The summed E-state index contributed by atoms with van der Waals surface area (Å²) in [4.78, 5) is 4.56. The van der Waals surface area contributed by atoms with Gasteiger partial charge in [-0.05, 0) is 48.4 Å². The highest BCUT2D eigenvalue weighted by Crippen LogP contribution is 2.26. The van der Waals surface area contributed by atoms with Gasteiger partial charge in [0.25, 0.3) is 0 Å². The van der Waals surface area contributed by atoms with E-state index >= 15 is 0 Å². The molecule has 1 heterocycles. The van der Waals surface area contributed by atoms with Crippen molar-refractivity contribution in [3.05, 3.63) is 48.0 Å². The summed E-state index contributed by atoms with van der Waals surface area (Å²) in [6, 6.07) is 13.9. The molecule has 0 spiro atoms. The Hall–Kier alpha value is -2.33. The first kappa shape index (κ1) is 13.6. The number of nitrogens with one attached hydrogen (secondary N) is 1. The maximum Gasteiger partial charge on any atom is 0.227 e. The van der Waals surface area contributed by atoms with Gasteiger partial charge in [0.15, 0.2) is 5.58 Å². The van der Waals surface area contributed by atoms with Crippen LogP contribution in [0.4, 0.5) is 5.69 Å². The molecule has 0 saturated heterocycles. The van der Waals surface area contributed by atoms with Crippen molar-refractivity contribution in [2.75, 3.05) is 18.5 Å². The molecular weight excluding hydrogens is 264 g/mol. The number of aliphatic hydroxyl groups is 1. The van der Waals surface area contributed by atoms with Crippen molar-refractivity contribution in [1.29, 1.82) is 0 Å². The van der Waals surface area contributed by atoms with Gasteiger partial charge in [-0.1, -0.05) is 13.0 Å². The van der Waals surface area contributed by atoms with Crippen molar-refractivity contribution in [2.45, 2.75) is 13.3 Å². The SMILES string of the molecule is CCc1ccc2oc(-c3ccc(NCCO)cc3)nc2c1. The largest absolute Gasteiger partial charge is 0.436 e. The molecule has 108 valence electrons. The minimum atomic E-state index is 0.118. The first-order valence-corrected chi connectivity index (χ1v) is 7.15. The van der Waals surface area contributed by atoms with E-state index in [4.69, 9.17) is 9.52 Å². The summed E-state index contributed by atoms with van der Waals surface area (Å²) in [5, 5.41) is 11.9. The molecule has 0 atom stereocenters. The Labute approximate surface area is 123 Å². The quantitative estimate of drug-likeness (QED) is 0.752. The molecule has 4 heteroatoms. The van der Waals surface area contributed by atoms with Crippen LogP contribution in [0.2, 0.25) is 0 Å². The molecule has 0 aliphatic heterocycles. The topological polar surface area (TPSA) is 58.3 Å². The van der Waals surface area contributed by atoms with Gasteiger partial charge in [-0.15, -0.1) is 0 Å². The molecule has 4 nitrogen and oxygen atoms in total. The number of anilines is 1. The van der Waals surface area contributed by atoms with Crippen LogP contribution < -0.4 is 5.32 Å². The highest BCUT2D eigenvalue weighted by Gasteiger charge is 2.08. The van der Waals surface area contributed by atoms with E-state index in [2.05, 4.69) is 29.4 Å². The summed E-state index contributed by atoms with van der Waals surface area (Å²) in [6.45, 7) is 2.79. The number of aliphatic hydroxyl groups excluding tert-OH is 1. The van der Waals surface area contributed by atoms with E-state index in [1.54, 1.807) is 0 Å². The first-order chi connectivity index (χ1) is 10.3. The molecule has 1 aromatic heterocycles. The number of hydrogen-bond donors (Lipinski definition) is 2. The van der Waals surface area contributed by atoms with Crippen LogP contribution in [0.5, 0.6) is 0 Å². The number of fused-ring (bicyclic) bond motifs is 1. The third-order valence-electron chi connectivity index (χ3n) is 3.43. The minimum Gasteiger partial charge on any atom is -0.436 e. The Morgan fingerprint density at radius 3 is 2.67 bits per heavy atom. The Balaban J connectivity index is 1.89. The predicted octanol–water partition coefficient (Wildman–Crippen LogP) is 3.46. The lowest BCUT2D eigenvalue weighted by Crippen LogP contribution is -2.04. The van der Waals surface area contributed by atoms with Crippen LogP contribution in [0.1, 0.15) is 12.5 Å². The molecule has 0 aliphatic carbocycles. The highest BCUT2D eigenvalue weighted by molar-refractivity contribution is 5.77. The Kier molecular flexibility index (Phi) is 3.88. The van der Waals surface area contributed by atoms with E-state index in [1.807, 2.05) is 30.3 Å². The third-order valence-corrected chi connectivity index (χ3v) is 3.43. The van der Waals surface area contributed by atoms with Crippen molar-refractivity contribution in [1.82, 2.24) is 4.98 Å². The zero-order valence-electron chi connectivity index (χ0n) is 12.0. The highest BCUT2D eigenvalue weighted by atomic mass is 16.3. The smallest absolute Gasteiger partial charge is 0.227 e. The third kappa shape index (κ3) is 2.90. The van der Waals surface area contributed by atoms with Crippen LogP contribution in [0.3, 0.4) is 0 Å². The van der Waals surface area contributed by atoms with E-state index in [9.17, 15) is 0 Å². The van der Waals surface area contributed by atoms with Gasteiger partial charge in [0, 0.05) is 17.8 Å². The Morgan fingerprint density at radius 1 is 1.14 bits per heavy atom. The lowest BCUT2D eigenvalue weighted by Gasteiger charge is -2.04. The van der Waals surface area contributed by atoms with Crippen LogP contribution in [-0.4, -0.2) is 23.2 Å². The molecule has 0 fully saturated rings. The van der Waals surface area contributed by atoms with E-state index in [-0.39, 0.29) is 6.61 Å². The van der Waals surface area contributed by atoms with E-state index in [0.29, 0.717) is 12.4 Å². The molecule has 0 saturated carbocycles. The van der Waals surface area contributed by atoms with Gasteiger partial charge in [-0.3, -0.25) is 0 Å². The van der Waals surface area contributed by atoms with Crippen LogP contribution in [0.25, 0.3) is 22.6 Å². The summed E-state index contributed by atoms with van der Waals surface area (Å²) in [5.74, 6) is 0.631. The van der Waals surface area contributed by atoms with Gasteiger partial charge < -0.3 is 14.8 Å². The van der Waals surface area contributed by atoms with Crippen molar-refractivity contribution < 1.29 is 9.52 Å². The number of rotatable bonds is 5. The summed E-state index contributed by atoms with van der Waals surface area (Å²) in [7, 11) is 0. The van der Waals surface area contributed by atoms with Gasteiger partial charge in [0.1, 0.15) is 5.52 Å². The number of aromatic nitrogens is 1. The van der Waals surface area contributed by atoms with Crippen molar-refractivity contribution >= 4 is 16.8 Å². The summed E-state index contributed by atoms with van der Waals surface area (Å²) < 4.78 is 5.80. The summed E-state index contributed by atoms with van der Waals surface area (Å²) >= 11 is 0. The Bertz CT molecular complexity index is 732. The molecule has 2 N–H and O–H groups in total. The lowest BCUT2D eigenvalue weighted by atomic mass is 10.1. The fourth-order valence-corrected chi connectivity index (χ4v) is 2.25. The van der Waals surface area contributed by atoms with Crippen LogP contribution in [0.15, 0.2) is 46.9 Å². The van der Waals surface area contributed by atoms with Crippen molar-refractivity contribution in [3.63, 3.8) is 0 Å². The number of nitrogens with zero attached hydrogens (tertiary/aromatic N) is 1. The van der Waals surface area contributed by atoms with Crippen LogP contribution in [-0.2, 0) is 6.42 Å². The maximum absolute atomic E-state index is 8.80. The second-order valence-electron chi connectivity index (χ2n) is 4.90. The molecule has 0 radical (unpaired) electrons. The molecule has 21 heavy (non-hydrogen) atoms. The first-order valence-electron chi connectivity index (χ1n) is 7.15. The number of oxazole rings is 1. The fourth-order valence-electron chi connectivity index (χ4n) is 2.25. The standard InChI is InChI=1S/C17H18N2O2/c1-2-12-3-8-16-15(11-12)19-17(21-16)13-4-6-14(7-5-13)18-9-10-20/h3-8,11,18,20H,2,9-10H2,1H3. The molecule has 0 unspecified atom stereocenters. The van der Waals surface area contributed by atoms with E-state index < -0.39 is 0 Å². The average molecular weight is 282 g/mol. The molecule has 0 amide bonds. The van der Waals surface area contributed by atoms with Crippen molar-refractivity contribution in [3.8, 4) is 11.5 Å². The summed E-state index contributed by atoms with van der Waals surface area (Å²) in [6.07, 6.45) is 0.989. The van der Waals surface area contributed by atoms with Crippen LogP contribution >= 0.6 is 0 Å². The number of aryl methyl sites for hydroxylation is 1. The predicted molar refractivity (Wildman–Crippen MR) is 84.4 cm³/mol. The van der Waals surface area contributed by atoms with Gasteiger partial charge in [0.2, 0.25) is 5.89 Å². The normalized spacial score (nSPS) is 11.0. The maximum atomic E-state index is 8.80. The molecule has 3 rings (SSSR count). The minimum absolute atomic E-state index is 0.118. The zero-order valence-corrected chi connectivity index (χ0v) is 12.0. The van der Waals surface area contributed by atoms with E-state index in [0.717, 1.165) is 28.8 Å². The van der Waals surface area contributed by atoms with Crippen LogP contribution in [0, 0.1) is 0 Å². The lowest BCUT2D eigenvalue weighted by molar-refractivity contribution is 0.311. The summed E-state index contributed by atoms with van der Waals surface area (Å²) in [5.41, 5.74) is 4.87. The van der Waals surface area contributed by atoms with Gasteiger partial charge in [-0.2, -0.15) is 0 Å². The zero-order chi connectivity index (χ0) is 14.7. The Morgan fingerprint density at radius 2 is 1.95 bits per heavy atom. The van der Waals surface area contributed by atoms with Gasteiger partial charge >= 0.3 is 0 Å². The molecule has 0 aliphatic rings. The molecule has 2 aromatic carbocycles. The number of hydrogen-bond acceptors (Lipinski definition) is 4. The van der Waals surface area contributed by atoms with E-state index in [1.165, 1.54) is 5.56 Å². The molecule has 0 bridgehead atoms. The second kappa shape index (κ2) is 5.97.